The molecule has 0 bridgehead atoms. The highest BCUT2D eigenvalue weighted by Gasteiger charge is 1.94. The summed E-state index contributed by atoms with van der Waals surface area (Å²) in [5.74, 6) is 0.814. The van der Waals surface area contributed by atoms with E-state index in [9.17, 15) is 0 Å². The minimum Gasteiger partial charge on any atom is -0.357 e. The fourth-order valence-electron chi connectivity index (χ4n) is 1.21. The zero-order valence-electron chi connectivity index (χ0n) is 10.1. The first kappa shape index (κ1) is 16.0. The third-order valence-electron chi connectivity index (χ3n) is 1.92. The molecule has 1 aromatic heterocycles. The van der Waals surface area contributed by atoms with Crippen LogP contribution >= 0.6 is 24.0 Å². The zero-order valence-corrected chi connectivity index (χ0v) is 12.4. The summed E-state index contributed by atoms with van der Waals surface area (Å²) in [6.07, 6.45) is 5.50. The van der Waals surface area contributed by atoms with Crippen molar-refractivity contribution in [2.24, 2.45) is 4.99 Å². The summed E-state index contributed by atoms with van der Waals surface area (Å²) in [6.45, 7) is 8.75. The molecule has 1 heterocycles. The van der Waals surface area contributed by atoms with Crippen molar-refractivity contribution in [3.8, 4) is 0 Å². The highest BCUT2D eigenvalue weighted by atomic mass is 127. The Bertz CT molecular complexity index is 321. The van der Waals surface area contributed by atoms with Gasteiger partial charge in [0, 0.05) is 25.5 Å². The summed E-state index contributed by atoms with van der Waals surface area (Å²) in [5.41, 5.74) is 0. The Kier molecular flexibility index (Phi) is 9.50. The van der Waals surface area contributed by atoms with Crippen LogP contribution in [-0.2, 0) is 6.54 Å². The van der Waals surface area contributed by atoms with E-state index in [4.69, 9.17) is 0 Å². The van der Waals surface area contributed by atoms with Crippen LogP contribution in [0.15, 0.2) is 36.1 Å². The SMILES string of the molecule is C=CCNC(=NCCn1cccn1)NCC.I. The smallest absolute Gasteiger partial charge is 0.191 e. The number of hydrogen-bond acceptors (Lipinski definition) is 2. The molecule has 0 saturated heterocycles. The highest BCUT2D eigenvalue weighted by Crippen LogP contribution is 1.85. The average molecular weight is 349 g/mol. The van der Waals surface area contributed by atoms with Gasteiger partial charge < -0.3 is 10.6 Å². The van der Waals surface area contributed by atoms with E-state index < -0.39 is 0 Å². The van der Waals surface area contributed by atoms with E-state index in [1.165, 1.54) is 0 Å². The van der Waals surface area contributed by atoms with Crippen molar-refractivity contribution < 1.29 is 0 Å². The Balaban J connectivity index is 0.00000256. The van der Waals surface area contributed by atoms with Crippen molar-refractivity contribution in [3.05, 3.63) is 31.1 Å². The first-order valence-corrected chi connectivity index (χ1v) is 5.47. The van der Waals surface area contributed by atoms with Crippen molar-refractivity contribution in [3.63, 3.8) is 0 Å². The van der Waals surface area contributed by atoms with Gasteiger partial charge in [0.15, 0.2) is 5.96 Å². The summed E-state index contributed by atoms with van der Waals surface area (Å²) < 4.78 is 1.86. The third-order valence-corrected chi connectivity index (χ3v) is 1.92. The lowest BCUT2D eigenvalue weighted by molar-refractivity contribution is 0.623. The van der Waals surface area contributed by atoms with E-state index in [0.717, 1.165) is 19.0 Å². The van der Waals surface area contributed by atoms with Crippen LogP contribution in [0.5, 0.6) is 0 Å². The third kappa shape index (κ3) is 6.98. The van der Waals surface area contributed by atoms with Gasteiger partial charge in [0.1, 0.15) is 0 Å². The van der Waals surface area contributed by atoms with Crippen LogP contribution in [0, 0.1) is 0 Å². The van der Waals surface area contributed by atoms with Gasteiger partial charge in [0.05, 0.1) is 13.1 Å². The van der Waals surface area contributed by atoms with E-state index in [1.54, 1.807) is 12.3 Å². The van der Waals surface area contributed by atoms with Gasteiger partial charge in [-0.05, 0) is 13.0 Å². The van der Waals surface area contributed by atoms with E-state index in [-0.39, 0.29) is 24.0 Å². The van der Waals surface area contributed by atoms with Crippen molar-refractivity contribution in [2.75, 3.05) is 19.6 Å². The molecule has 0 spiro atoms. The number of rotatable bonds is 6. The minimum atomic E-state index is 0. The van der Waals surface area contributed by atoms with Gasteiger partial charge >= 0.3 is 0 Å². The predicted molar refractivity (Wildman–Crippen MR) is 81.8 cm³/mol. The second kappa shape index (κ2) is 10.1. The number of nitrogens with zero attached hydrogens (tertiary/aromatic N) is 3. The van der Waals surface area contributed by atoms with E-state index in [2.05, 4.69) is 27.3 Å². The first-order valence-electron chi connectivity index (χ1n) is 5.47. The Labute approximate surface area is 119 Å². The zero-order chi connectivity index (χ0) is 11.6. The molecular weight excluding hydrogens is 329 g/mol. The lowest BCUT2D eigenvalue weighted by atomic mass is 10.6. The molecule has 0 saturated carbocycles. The van der Waals surface area contributed by atoms with E-state index >= 15 is 0 Å². The molecule has 0 aliphatic rings. The van der Waals surface area contributed by atoms with Gasteiger partial charge in [-0.25, -0.2) is 0 Å². The molecule has 0 unspecified atom stereocenters. The number of hydrogen-bond donors (Lipinski definition) is 2. The van der Waals surface area contributed by atoms with Crippen LogP contribution in [0.4, 0.5) is 0 Å². The average Bonchev–Trinajstić information content (AvgIpc) is 2.79. The Hall–Kier alpha value is -1.05. The number of nitrogens with one attached hydrogen (secondary N) is 2. The van der Waals surface area contributed by atoms with Crippen molar-refractivity contribution in [2.45, 2.75) is 13.5 Å². The summed E-state index contributed by atoms with van der Waals surface area (Å²) in [5, 5.41) is 10.4. The maximum atomic E-state index is 4.41. The minimum absolute atomic E-state index is 0. The molecule has 2 N–H and O–H groups in total. The Morgan fingerprint density at radius 1 is 1.53 bits per heavy atom. The molecule has 96 valence electrons. The molecule has 0 radical (unpaired) electrons. The predicted octanol–water partition coefficient (Wildman–Crippen LogP) is 1.24. The summed E-state index contributed by atoms with van der Waals surface area (Å²) in [6, 6.07) is 1.91. The van der Waals surface area contributed by atoms with Gasteiger partial charge in [-0.1, -0.05) is 6.08 Å². The topological polar surface area (TPSA) is 54.2 Å². The lowest BCUT2D eigenvalue weighted by Crippen LogP contribution is -2.37. The second-order valence-electron chi connectivity index (χ2n) is 3.20. The van der Waals surface area contributed by atoms with Crippen LogP contribution in [0.1, 0.15) is 6.92 Å². The molecule has 0 aromatic carbocycles. The van der Waals surface area contributed by atoms with Crippen molar-refractivity contribution in [1.29, 1.82) is 0 Å². The molecule has 0 aliphatic carbocycles. The van der Waals surface area contributed by atoms with Crippen molar-refractivity contribution in [1.82, 2.24) is 20.4 Å². The largest absolute Gasteiger partial charge is 0.357 e. The molecule has 0 aliphatic heterocycles. The van der Waals surface area contributed by atoms with E-state index in [0.29, 0.717) is 13.1 Å². The van der Waals surface area contributed by atoms with Gasteiger partial charge in [-0.2, -0.15) is 5.10 Å². The van der Waals surface area contributed by atoms with Gasteiger partial charge in [0.25, 0.3) is 0 Å². The number of guanidine groups is 1. The molecular formula is C11H20IN5. The summed E-state index contributed by atoms with van der Waals surface area (Å²) in [7, 11) is 0. The standard InChI is InChI=1S/C11H19N5.HI/c1-3-6-13-11(12-4-2)14-8-10-16-9-5-7-15-16;/h3,5,7,9H,1,4,6,8,10H2,2H3,(H2,12,13,14);1H. The van der Waals surface area contributed by atoms with Crippen LogP contribution in [0.25, 0.3) is 0 Å². The number of aromatic nitrogens is 2. The number of aliphatic imine (C=N–C) groups is 1. The molecule has 0 fully saturated rings. The quantitative estimate of drug-likeness (QED) is 0.352. The molecule has 0 amide bonds. The normalized spacial score (nSPS) is 10.5. The maximum Gasteiger partial charge on any atom is 0.191 e. The lowest BCUT2D eigenvalue weighted by Gasteiger charge is -2.09. The molecule has 1 rings (SSSR count). The van der Waals surface area contributed by atoms with Gasteiger partial charge in [-0.3, -0.25) is 9.67 Å². The van der Waals surface area contributed by atoms with E-state index in [1.807, 2.05) is 23.9 Å². The second-order valence-corrected chi connectivity index (χ2v) is 3.20. The molecule has 1 aromatic rings. The monoisotopic (exact) mass is 349 g/mol. The van der Waals surface area contributed by atoms with Gasteiger partial charge in [0.2, 0.25) is 0 Å². The molecule has 6 heteroatoms. The van der Waals surface area contributed by atoms with Crippen molar-refractivity contribution >= 4 is 29.9 Å². The molecule has 17 heavy (non-hydrogen) atoms. The van der Waals surface area contributed by atoms with Crippen LogP contribution in [-0.4, -0.2) is 35.4 Å². The Morgan fingerprint density at radius 2 is 2.35 bits per heavy atom. The highest BCUT2D eigenvalue weighted by molar-refractivity contribution is 14.0. The summed E-state index contributed by atoms with van der Waals surface area (Å²) >= 11 is 0. The molecule has 5 nitrogen and oxygen atoms in total. The van der Waals surface area contributed by atoms with Crippen LogP contribution in [0.2, 0.25) is 0 Å². The molecule has 0 atom stereocenters. The van der Waals surface area contributed by atoms with Gasteiger partial charge in [-0.15, -0.1) is 30.6 Å². The van der Waals surface area contributed by atoms with Crippen LogP contribution < -0.4 is 10.6 Å². The fraction of sp³-hybridized carbons (Fsp3) is 0.455. The van der Waals surface area contributed by atoms with Crippen LogP contribution in [0.3, 0.4) is 0 Å². The maximum absolute atomic E-state index is 4.41. The fourth-order valence-corrected chi connectivity index (χ4v) is 1.21. The summed E-state index contributed by atoms with van der Waals surface area (Å²) in [4.78, 5) is 4.41. The first-order chi connectivity index (χ1) is 7.86. The Morgan fingerprint density at radius 3 is 2.94 bits per heavy atom. The number of halogens is 1.